The Morgan fingerprint density at radius 2 is 1.78 bits per heavy atom. The highest BCUT2D eigenvalue weighted by Gasteiger charge is 2.11. The van der Waals surface area contributed by atoms with E-state index in [0.29, 0.717) is 15.7 Å². The third-order valence-corrected chi connectivity index (χ3v) is 4.16. The van der Waals surface area contributed by atoms with Crippen molar-refractivity contribution in [3.63, 3.8) is 0 Å². The number of rotatable bonds is 3. The lowest BCUT2D eigenvalue weighted by molar-refractivity contribution is 0.0696. The molecule has 0 aliphatic carbocycles. The van der Waals surface area contributed by atoms with Crippen molar-refractivity contribution in [2.75, 3.05) is 5.32 Å². The Bertz CT molecular complexity index is 796. The van der Waals surface area contributed by atoms with Crippen LogP contribution in [0.5, 0.6) is 0 Å². The van der Waals surface area contributed by atoms with Gasteiger partial charge in [0.05, 0.1) is 11.3 Å². The Morgan fingerprint density at radius 1 is 1.04 bits per heavy atom. The van der Waals surface area contributed by atoms with E-state index in [1.807, 2.05) is 6.07 Å². The van der Waals surface area contributed by atoms with E-state index in [2.05, 4.69) is 42.5 Å². The lowest BCUT2D eigenvalue weighted by Gasteiger charge is -2.12. The number of thiocarbonyl (C=S) groups is 1. The number of carboxylic acid groups (broad SMARTS) is 1. The molecule has 0 saturated heterocycles. The van der Waals surface area contributed by atoms with Gasteiger partial charge in [-0.1, -0.05) is 22.0 Å². The van der Waals surface area contributed by atoms with Crippen LogP contribution >= 0.6 is 44.1 Å². The van der Waals surface area contributed by atoms with E-state index in [-0.39, 0.29) is 16.6 Å². The molecule has 2 aromatic carbocycles. The summed E-state index contributed by atoms with van der Waals surface area (Å²) in [5.41, 5.74) is 1.00. The molecule has 0 spiro atoms. The van der Waals surface area contributed by atoms with Crippen molar-refractivity contribution in [3.05, 3.63) is 62.5 Å². The third-order valence-electron chi connectivity index (χ3n) is 2.78. The molecule has 0 bridgehead atoms. The number of anilines is 1. The smallest absolute Gasteiger partial charge is 0.335 e. The molecule has 0 atom stereocenters. The van der Waals surface area contributed by atoms with Gasteiger partial charge in [0.1, 0.15) is 0 Å². The van der Waals surface area contributed by atoms with Gasteiger partial charge in [-0.15, -0.1) is 0 Å². The van der Waals surface area contributed by atoms with Gasteiger partial charge in [0, 0.05) is 14.5 Å². The van der Waals surface area contributed by atoms with Crippen molar-refractivity contribution < 1.29 is 14.7 Å². The van der Waals surface area contributed by atoms with Gasteiger partial charge in [-0.25, -0.2) is 4.79 Å². The zero-order valence-corrected chi connectivity index (χ0v) is 15.5. The number of carbonyl (C=O) groups excluding carboxylic acids is 1. The van der Waals surface area contributed by atoms with Crippen LogP contribution in [-0.4, -0.2) is 22.1 Å². The molecule has 0 heterocycles. The average molecular weight is 458 g/mol. The largest absolute Gasteiger partial charge is 0.478 e. The normalized spacial score (nSPS) is 10.0. The van der Waals surface area contributed by atoms with E-state index in [0.717, 1.165) is 4.47 Å². The summed E-state index contributed by atoms with van der Waals surface area (Å²) in [6, 6.07) is 11.3. The number of hydrogen-bond donors (Lipinski definition) is 3. The molecule has 3 N–H and O–H groups in total. The maximum absolute atomic E-state index is 12.1. The fourth-order valence-electron chi connectivity index (χ4n) is 1.71. The summed E-state index contributed by atoms with van der Waals surface area (Å²) in [5.74, 6) is -1.42. The molecule has 0 aromatic heterocycles. The maximum atomic E-state index is 12.1. The van der Waals surface area contributed by atoms with Crippen LogP contribution in [0.25, 0.3) is 0 Å². The first-order chi connectivity index (χ1) is 10.9. The number of carbonyl (C=O) groups is 2. The van der Waals surface area contributed by atoms with Gasteiger partial charge in [0.15, 0.2) is 5.11 Å². The molecule has 0 unspecified atom stereocenters. The van der Waals surface area contributed by atoms with Crippen molar-refractivity contribution in [1.29, 1.82) is 0 Å². The molecule has 8 heteroatoms. The Hall–Kier alpha value is -1.77. The third kappa shape index (κ3) is 4.85. The standard InChI is InChI=1S/C15H10Br2N2O3S/c16-10-3-1-2-8(6-10)13(20)19-15(23)18-12-7-9(14(21)22)4-5-11(12)17/h1-7H,(H,21,22)(H2,18,19,20,23). The van der Waals surface area contributed by atoms with Crippen molar-refractivity contribution >= 4 is 66.8 Å². The predicted molar refractivity (Wildman–Crippen MR) is 98.9 cm³/mol. The topological polar surface area (TPSA) is 78.4 Å². The van der Waals surface area contributed by atoms with Crippen LogP contribution in [-0.2, 0) is 0 Å². The van der Waals surface area contributed by atoms with E-state index in [4.69, 9.17) is 17.3 Å². The Balaban J connectivity index is 2.09. The van der Waals surface area contributed by atoms with Gasteiger partial charge in [0.2, 0.25) is 0 Å². The molecular weight excluding hydrogens is 448 g/mol. The van der Waals surface area contributed by atoms with Gasteiger partial charge in [-0.05, 0) is 64.5 Å². The number of hydrogen-bond acceptors (Lipinski definition) is 3. The summed E-state index contributed by atoms with van der Waals surface area (Å²) in [4.78, 5) is 23.1. The second-order valence-corrected chi connectivity index (χ2v) is 6.60. The van der Waals surface area contributed by atoms with Gasteiger partial charge in [-0.2, -0.15) is 0 Å². The van der Waals surface area contributed by atoms with Crippen LogP contribution < -0.4 is 10.6 Å². The lowest BCUT2D eigenvalue weighted by atomic mass is 10.2. The van der Waals surface area contributed by atoms with Crippen LogP contribution in [0.4, 0.5) is 5.69 Å². The van der Waals surface area contributed by atoms with Crippen LogP contribution in [0.15, 0.2) is 51.4 Å². The minimum atomic E-state index is -1.05. The number of aromatic carboxylic acids is 1. The van der Waals surface area contributed by atoms with E-state index < -0.39 is 5.97 Å². The molecule has 2 aromatic rings. The predicted octanol–water partition coefficient (Wildman–Crippen LogP) is 4.04. The number of halogens is 2. The highest BCUT2D eigenvalue weighted by Crippen LogP contribution is 2.23. The summed E-state index contributed by atoms with van der Waals surface area (Å²) >= 11 is 11.7. The Kier molecular flexibility index (Phi) is 5.86. The van der Waals surface area contributed by atoms with Crippen molar-refractivity contribution in [2.45, 2.75) is 0 Å². The number of amides is 1. The zero-order chi connectivity index (χ0) is 17.0. The minimum absolute atomic E-state index is 0.0678. The van der Waals surface area contributed by atoms with Gasteiger partial charge < -0.3 is 10.4 Å². The summed E-state index contributed by atoms with van der Waals surface area (Å²) in [6.45, 7) is 0. The first kappa shape index (κ1) is 17.6. The fourth-order valence-corrected chi connectivity index (χ4v) is 2.66. The molecule has 0 fully saturated rings. The molecule has 118 valence electrons. The van der Waals surface area contributed by atoms with Crippen molar-refractivity contribution in [1.82, 2.24) is 5.32 Å². The second kappa shape index (κ2) is 7.67. The number of nitrogens with one attached hydrogen (secondary N) is 2. The van der Waals surface area contributed by atoms with Gasteiger partial charge in [-0.3, -0.25) is 10.1 Å². The maximum Gasteiger partial charge on any atom is 0.335 e. The SMILES string of the molecule is O=C(O)c1ccc(Br)c(NC(=S)NC(=O)c2cccc(Br)c2)c1. The molecule has 5 nitrogen and oxygen atoms in total. The fraction of sp³-hybridized carbons (Fsp3) is 0. The summed E-state index contributed by atoms with van der Waals surface area (Å²) in [5, 5.41) is 14.4. The van der Waals surface area contributed by atoms with Crippen molar-refractivity contribution in [2.24, 2.45) is 0 Å². The monoisotopic (exact) mass is 456 g/mol. The first-order valence-corrected chi connectivity index (χ1v) is 8.27. The van der Waals surface area contributed by atoms with Crippen molar-refractivity contribution in [3.8, 4) is 0 Å². The molecule has 0 saturated carbocycles. The van der Waals surface area contributed by atoms with Crippen LogP contribution in [0, 0.1) is 0 Å². The van der Waals surface area contributed by atoms with E-state index in [1.165, 1.54) is 12.1 Å². The van der Waals surface area contributed by atoms with E-state index in [1.54, 1.807) is 24.3 Å². The Labute approximate surface area is 154 Å². The molecular formula is C15H10Br2N2O3S. The number of carboxylic acids is 1. The van der Waals surface area contributed by atoms with E-state index >= 15 is 0 Å². The highest BCUT2D eigenvalue weighted by molar-refractivity contribution is 9.10. The molecule has 0 radical (unpaired) electrons. The molecule has 23 heavy (non-hydrogen) atoms. The van der Waals surface area contributed by atoms with Crippen LogP contribution in [0.1, 0.15) is 20.7 Å². The molecule has 2 rings (SSSR count). The summed E-state index contributed by atoms with van der Waals surface area (Å²) in [7, 11) is 0. The summed E-state index contributed by atoms with van der Waals surface area (Å²) in [6.07, 6.45) is 0. The first-order valence-electron chi connectivity index (χ1n) is 6.27. The summed E-state index contributed by atoms with van der Waals surface area (Å²) < 4.78 is 1.41. The molecule has 1 amide bonds. The van der Waals surface area contributed by atoms with Gasteiger partial charge >= 0.3 is 5.97 Å². The average Bonchev–Trinajstić information content (AvgIpc) is 2.49. The Morgan fingerprint density at radius 3 is 2.43 bits per heavy atom. The highest BCUT2D eigenvalue weighted by atomic mass is 79.9. The zero-order valence-electron chi connectivity index (χ0n) is 11.5. The van der Waals surface area contributed by atoms with E-state index in [9.17, 15) is 9.59 Å². The minimum Gasteiger partial charge on any atom is -0.478 e. The second-order valence-electron chi connectivity index (χ2n) is 4.42. The number of benzene rings is 2. The van der Waals surface area contributed by atoms with Crippen LogP contribution in [0.3, 0.4) is 0 Å². The van der Waals surface area contributed by atoms with Crippen LogP contribution in [0.2, 0.25) is 0 Å². The lowest BCUT2D eigenvalue weighted by Crippen LogP contribution is -2.34. The molecule has 0 aliphatic heterocycles. The quantitative estimate of drug-likeness (QED) is 0.606. The van der Waals surface area contributed by atoms with Gasteiger partial charge in [0.25, 0.3) is 5.91 Å². The molecule has 0 aliphatic rings.